The summed E-state index contributed by atoms with van der Waals surface area (Å²) in [6.45, 7) is 2.09. The number of hydrogen-bond acceptors (Lipinski definition) is 3. The molecule has 0 aliphatic rings. The second-order valence-electron chi connectivity index (χ2n) is 3.94. The van der Waals surface area contributed by atoms with Crippen molar-refractivity contribution in [3.8, 4) is 0 Å². The molecule has 0 unspecified atom stereocenters. The summed E-state index contributed by atoms with van der Waals surface area (Å²) in [5, 5.41) is 0. The minimum Gasteiger partial charge on any atom is -0.451 e. The van der Waals surface area contributed by atoms with E-state index in [0.29, 0.717) is 18.3 Å². The normalized spacial score (nSPS) is 11.8. The van der Waals surface area contributed by atoms with Crippen molar-refractivity contribution in [3.63, 3.8) is 0 Å². The summed E-state index contributed by atoms with van der Waals surface area (Å²) < 4.78 is 5.13. The van der Waals surface area contributed by atoms with Gasteiger partial charge in [-0.25, -0.2) is 4.79 Å². The van der Waals surface area contributed by atoms with Crippen molar-refractivity contribution in [2.45, 2.75) is 38.7 Å². The Morgan fingerprint density at radius 1 is 1.29 bits per heavy atom. The summed E-state index contributed by atoms with van der Waals surface area (Å²) in [4.78, 5) is 22.5. The van der Waals surface area contributed by atoms with Gasteiger partial charge in [0.1, 0.15) is 0 Å². The predicted octanol–water partition coefficient (Wildman–Crippen LogP) is 2.99. The van der Waals surface area contributed by atoms with Crippen LogP contribution in [0.3, 0.4) is 0 Å². The van der Waals surface area contributed by atoms with Gasteiger partial charge in [0.2, 0.25) is 0 Å². The van der Waals surface area contributed by atoms with Gasteiger partial charge in [-0.1, -0.05) is 38.0 Å². The van der Waals surface area contributed by atoms with Crippen LogP contribution in [0.15, 0.2) is 30.3 Å². The molecule has 3 nitrogen and oxygen atoms in total. The van der Waals surface area contributed by atoms with Crippen LogP contribution in [0.1, 0.15) is 43.0 Å². The van der Waals surface area contributed by atoms with Crippen molar-refractivity contribution in [3.05, 3.63) is 35.9 Å². The highest BCUT2D eigenvalue weighted by atomic mass is 16.5. The number of rotatable bonds is 7. The largest absolute Gasteiger partial charge is 0.451 e. The smallest absolute Gasteiger partial charge is 0.338 e. The molecule has 0 amide bonds. The molecule has 0 N–H and O–H groups in total. The third kappa shape index (κ3) is 4.81. The number of benzene rings is 1. The molecule has 0 radical (unpaired) electrons. The topological polar surface area (TPSA) is 43.4 Å². The van der Waals surface area contributed by atoms with E-state index in [-0.39, 0.29) is 0 Å². The minimum absolute atomic E-state index is 0.431. The van der Waals surface area contributed by atoms with Gasteiger partial charge < -0.3 is 4.74 Å². The van der Waals surface area contributed by atoms with Crippen molar-refractivity contribution in [1.82, 2.24) is 0 Å². The Bertz CT molecular complexity index is 346. The summed E-state index contributed by atoms with van der Waals surface area (Å²) in [5.74, 6) is -0.431. The van der Waals surface area contributed by atoms with Crippen molar-refractivity contribution in [1.29, 1.82) is 0 Å². The van der Waals surface area contributed by atoms with Gasteiger partial charge in [-0.3, -0.25) is 4.79 Å². The van der Waals surface area contributed by atoms with Crippen LogP contribution in [-0.4, -0.2) is 18.4 Å². The maximum atomic E-state index is 11.7. The second kappa shape index (κ2) is 7.60. The van der Waals surface area contributed by atoms with E-state index in [2.05, 4.69) is 6.92 Å². The Kier molecular flexibility index (Phi) is 6.00. The maximum Gasteiger partial charge on any atom is 0.338 e. The predicted molar refractivity (Wildman–Crippen MR) is 65.9 cm³/mol. The first-order valence-electron chi connectivity index (χ1n) is 5.99. The number of ether oxygens (including phenoxy) is 1. The lowest BCUT2D eigenvalue weighted by Gasteiger charge is -2.11. The fourth-order valence-corrected chi connectivity index (χ4v) is 1.53. The van der Waals surface area contributed by atoms with E-state index in [4.69, 9.17) is 4.74 Å². The first-order chi connectivity index (χ1) is 8.27. The molecule has 0 spiro atoms. The summed E-state index contributed by atoms with van der Waals surface area (Å²) in [7, 11) is 0. The van der Waals surface area contributed by atoms with E-state index in [9.17, 15) is 9.59 Å². The van der Waals surface area contributed by atoms with Crippen LogP contribution in [0.25, 0.3) is 0 Å². The highest BCUT2D eigenvalue weighted by Crippen LogP contribution is 2.08. The van der Waals surface area contributed by atoms with Gasteiger partial charge in [-0.15, -0.1) is 0 Å². The van der Waals surface area contributed by atoms with Crippen molar-refractivity contribution in [2.24, 2.45) is 0 Å². The lowest BCUT2D eigenvalue weighted by molar-refractivity contribution is -0.115. The lowest BCUT2D eigenvalue weighted by Crippen LogP contribution is -2.19. The van der Waals surface area contributed by atoms with Gasteiger partial charge in [0.25, 0.3) is 0 Å². The molecule has 1 rings (SSSR count). The zero-order chi connectivity index (χ0) is 12.5. The van der Waals surface area contributed by atoms with E-state index in [1.807, 2.05) is 6.07 Å². The van der Waals surface area contributed by atoms with E-state index in [0.717, 1.165) is 19.3 Å². The van der Waals surface area contributed by atoms with Gasteiger partial charge in [-0.2, -0.15) is 0 Å². The molecule has 0 heterocycles. The number of unbranched alkanes of at least 4 members (excludes halogenated alkanes) is 2. The number of esters is 1. The Labute approximate surface area is 102 Å². The molecule has 0 aliphatic heterocycles. The van der Waals surface area contributed by atoms with Gasteiger partial charge in [0.15, 0.2) is 12.4 Å². The number of aldehydes is 1. The van der Waals surface area contributed by atoms with Crippen LogP contribution in [0.5, 0.6) is 0 Å². The van der Waals surface area contributed by atoms with Gasteiger partial charge in [0, 0.05) is 0 Å². The monoisotopic (exact) mass is 234 g/mol. The molecular formula is C14H18O3. The van der Waals surface area contributed by atoms with Crippen molar-refractivity contribution < 1.29 is 14.3 Å². The molecule has 0 saturated heterocycles. The highest BCUT2D eigenvalue weighted by molar-refractivity contribution is 5.90. The average Bonchev–Trinajstić information content (AvgIpc) is 2.38. The van der Waals surface area contributed by atoms with E-state index in [1.165, 1.54) is 0 Å². The third-order valence-electron chi connectivity index (χ3n) is 2.51. The summed E-state index contributed by atoms with van der Waals surface area (Å²) >= 11 is 0. The van der Waals surface area contributed by atoms with Crippen LogP contribution in [-0.2, 0) is 9.53 Å². The molecular weight excluding hydrogens is 216 g/mol. The standard InChI is InChI=1S/C14H18O3/c1-2-3-5-10-13(11-15)17-14(16)12-8-6-4-7-9-12/h4,6-9,11,13H,2-3,5,10H2,1H3/t13-/m0/s1. The van der Waals surface area contributed by atoms with Crippen LogP contribution >= 0.6 is 0 Å². The number of hydrogen-bond donors (Lipinski definition) is 0. The van der Waals surface area contributed by atoms with Gasteiger partial charge in [0.05, 0.1) is 5.56 Å². The van der Waals surface area contributed by atoms with Crippen LogP contribution in [0.4, 0.5) is 0 Å². The highest BCUT2D eigenvalue weighted by Gasteiger charge is 2.14. The van der Waals surface area contributed by atoms with E-state index >= 15 is 0 Å². The molecule has 0 fully saturated rings. The maximum absolute atomic E-state index is 11.7. The first kappa shape index (κ1) is 13.4. The number of carbonyl (C=O) groups is 2. The molecule has 3 heteroatoms. The van der Waals surface area contributed by atoms with Crippen molar-refractivity contribution in [2.75, 3.05) is 0 Å². The van der Waals surface area contributed by atoms with Crippen LogP contribution < -0.4 is 0 Å². The molecule has 0 aliphatic carbocycles. The second-order valence-corrected chi connectivity index (χ2v) is 3.94. The lowest BCUT2D eigenvalue weighted by atomic mass is 10.1. The summed E-state index contributed by atoms with van der Waals surface area (Å²) in [6, 6.07) is 8.72. The minimum atomic E-state index is -0.616. The number of carbonyl (C=O) groups excluding carboxylic acids is 2. The summed E-state index contributed by atoms with van der Waals surface area (Å²) in [6.07, 6.45) is 3.73. The molecule has 1 aromatic carbocycles. The zero-order valence-electron chi connectivity index (χ0n) is 10.1. The summed E-state index contributed by atoms with van der Waals surface area (Å²) in [5.41, 5.74) is 0.481. The van der Waals surface area contributed by atoms with E-state index < -0.39 is 12.1 Å². The third-order valence-corrected chi connectivity index (χ3v) is 2.51. The molecule has 1 aromatic rings. The van der Waals surface area contributed by atoms with Crippen LogP contribution in [0.2, 0.25) is 0 Å². The molecule has 92 valence electrons. The fraction of sp³-hybridized carbons (Fsp3) is 0.429. The van der Waals surface area contributed by atoms with Gasteiger partial charge >= 0.3 is 5.97 Å². The zero-order valence-corrected chi connectivity index (χ0v) is 10.1. The Morgan fingerprint density at radius 3 is 2.59 bits per heavy atom. The molecule has 0 saturated carbocycles. The quantitative estimate of drug-likeness (QED) is 0.414. The molecule has 1 atom stereocenters. The molecule has 0 bridgehead atoms. The Balaban J connectivity index is 2.45. The van der Waals surface area contributed by atoms with Crippen molar-refractivity contribution >= 4 is 12.3 Å². The molecule has 0 aromatic heterocycles. The van der Waals surface area contributed by atoms with E-state index in [1.54, 1.807) is 24.3 Å². The Hall–Kier alpha value is -1.64. The molecule has 17 heavy (non-hydrogen) atoms. The first-order valence-corrected chi connectivity index (χ1v) is 5.99. The SMILES string of the molecule is CCCCC[C@@H](C=O)OC(=O)c1ccccc1. The Morgan fingerprint density at radius 2 is 2.00 bits per heavy atom. The van der Waals surface area contributed by atoms with Gasteiger partial charge in [-0.05, 0) is 25.0 Å². The van der Waals surface area contributed by atoms with Crippen LogP contribution in [0, 0.1) is 0 Å². The fourth-order valence-electron chi connectivity index (χ4n) is 1.53. The average molecular weight is 234 g/mol.